The highest BCUT2D eigenvalue weighted by Gasteiger charge is 2.34. The van der Waals surface area contributed by atoms with Crippen LogP contribution in [0.3, 0.4) is 0 Å². The van der Waals surface area contributed by atoms with Crippen molar-refractivity contribution in [2.24, 2.45) is 0 Å². The van der Waals surface area contributed by atoms with Gasteiger partial charge in [0.2, 0.25) is 0 Å². The molecule has 2 aromatic rings. The minimum absolute atomic E-state index is 0.0125. The van der Waals surface area contributed by atoms with Crippen LogP contribution in [0.5, 0.6) is 0 Å². The molecule has 0 saturated heterocycles. The van der Waals surface area contributed by atoms with Crippen LogP contribution >= 0.6 is 0 Å². The first kappa shape index (κ1) is 19.7. The van der Waals surface area contributed by atoms with E-state index in [1.54, 1.807) is 12.1 Å². The molecule has 156 valence electrons. The molecule has 0 N–H and O–H groups in total. The van der Waals surface area contributed by atoms with Gasteiger partial charge in [0, 0.05) is 12.1 Å². The van der Waals surface area contributed by atoms with E-state index in [1.165, 1.54) is 55.6 Å². The van der Waals surface area contributed by atoms with Crippen molar-refractivity contribution in [3.05, 3.63) is 46.2 Å². The van der Waals surface area contributed by atoms with Crippen molar-refractivity contribution in [1.82, 2.24) is 14.7 Å². The van der Waals surface area contributed by atoms with E-state index in [1.807, 2.05) is 0 Å². The van der Waals surface area contributed by atoms with E-state index in [9.17, 15) is 14.9 Å². The molecule has 0 unspecified atom stereocenters. The summed E-state index contributed by atoms with van der Waals surface area (Å²) in [7, 11) is 0. The summed E-state index contributed by atoms with van der Waals surface area (Å²) in [6, 6.07) is 4.11. The van der Waals surface area contributed by atoms with E-state index in [-0.39, 0.29) is 18.1 Å². The Morgan fingerprint density at radius 1 is 1.10 bits per heavy atom. The van der Waals surface area contributed by atoms with Gasteiger partial charge in [-0.15, -0.1) is 0 Å². The highest BCUT2D eigenvalue weighted by molar-refractivity contribution is 5.92. The zero-order valence-electron chi connectivity index (χ0n) is 16.7. The van der Waals surface area contributed by atoms with Crippen LogP contribution in [0.2, 0.25) is 0 Å². The fourth-order valence-electron chi connectivity index (χ4n) is 4.75. The summed E-state index contributed by atoms with van der Waals surface area (Å²) in [5, 5.41) is 14.8. The van der Waals surface area contributed by atoms with Gasteiger partial charge in [0.25, 0.3) is 5.91 Å². The fraction of sp³-hybridized carbons (Fsp3) is 0.619. The summed E-state index contributed by atoms with van der Waals surface area (Å²) in [5.74, 6) is 0.915. The summed E-state index contributed by atoms with van der Waals surface area (Å²) in [6.07, 6.45) is 14.1. The number of nitro groups is 1. The van der Waals surface area contributed by atoms with Gasteiger partial charge >= 0.3 is 5.69 Å². The molecule has 2 aliphatic carbocycles. The number of rotatable bonds is 6. The lowest BCUT2D eigenvalue weighted by molar-refractivity contribution is -0.385. The van der Waals surface area contributed by atoms with E-state index in [0.29, 0.717) is 23.6 Å². The molecule has 0 aromatic carbocycles. The molecule has 0 bridgehead atoms. The molecule has 0 atom stereocenters. The molecule has 8 heteroatoms. The predicted molar refractivity (Wildman–Crippen MR) is 107 cm³/mol. The third-order valence-corrected chi connectivity index (χ3v) is 6.19. The normalized spacial score (nSPS) is 18.6. The molecule has 2 heterocycles. The summed E-state index contributed by atoms with van der Waals surface area (Å²) in [5.41, 5.74) is -0.0615. The highest BCUT2D eigenvalue weighted by atomic mass is 16.6. The van der Waals surface area contributed by atoms with Crippen molar-refractivity contribution in [2.75, 3.05) is 0 Å². The van der Waals surface area contributed by atoms with E-state index in [4.69, 9.17) is 4.42 Å². The smallest absolute Gasteiger partial charge is 0.307 e. The van der Waals surface area contributed by atoms with Gasteiger partial charge in [-0.3, -0.25) is 19.6 Å². The molecule has 29 heavy (non-hydrogen) atoms. The second kappa shape index (κ2) is 8.80. The largest absolute Gasteiger partial charge is 0.454 e. The molecule has 2 fully saturated rings. The standard InChI is InChI=1S/C21H28N4O4/c26-21(24(16-7-3-1-4-8-16)17-9-5-2-6-10-17)20-12-11-19(29-20)15-23-14-18(13-22-23)25(27)28/h11-14,16-17H,1-10,15H2. The van der Waals surface area contributed by atoms with Crippen LogP contribution in [0, 0.1) is 10.1 Å². The van der Waals surface area contributed by atoms with Crippen LogP contribution in [-0.2, 0) is 6.54 Å². The second-order valence-electron chi connectivity index (χ2n) is 8.22. The fourth-order valence-corrected chi connectivity index (χ4v) is 4.75. The highest BCUT2D eigenvalue weighted by Crippen LogP contribution is 2.31. The molecule has 0 spiro atoms. The Morgan fingerprint density at radius 2 is 1.72 bits per heavy atom. The number of nitrogens with zero attached hydrogens (tertiary/aromatic N) is 4. The van der Waals surface area contributed by atoms with E-state index in [2.05, 4.69) is 10.00 Å². The number of aromatic nitrogens is 2. The average molecular weight is 400 g/mol. The summed E-state index contributed by atoms with van der Waals surface area (Å²) in [6.45, 7) is 0.258. The van der Waals surface area contributed by atoms with Crippen molar-refractivity contribution < 1.29 is 14.1 Å². The molecule has 2 aliphatic rings. The van der Waals surface area contributed by atoms with E-state index < -0.39 is 4.92 Å². The van der Waals surface area contributed by atoms with Gasteiger partial charge in [-0.2, -0.15) is 5.10 Å². The van der Waals surface area contributed by atoms with Gasteiger partial charge in [-0.25, -0.2) is 0 Å². The van der Waals surface area contributed by atoms with Gasteiger partial charge in [0.1, 0.15) is 18.2 Å². The molecule has 0 aliphatic heterocycles. The lowest BCUT2D eigenvalue weighted by Gasteiger charge is -2.41. The van der Waals surface area contributed by atoms with Crippen LogP contribution in [0.15, 0.2) is 28.9 Å². The average Bonchev–Trinajstić information content (AvgIpc) is 3.40. The van der Waals surface area contributed by atoms with Crippen molar-refractivity contribution in [3.63, 3.8) is 0 Å². The van der Waals surface area contributed by atoms with E-state index in [0.717, 1.165) is 25.7 Å². The Morgan fingerprint density at radius 3 is 2.28 bits per heavy atom. The lowest BCUT2D eigenvalue weighted by atomic mass is 9.88. The third kappa shape index (κ3) is 4.52. The molecule has 0 radical (unpaired) electrons. The van der Waals surface area contributed by atoms with Crippen LogP contribution in [0.4, 0.5) is 5.69 Å². The summed E-state index contributed by atoms with van der Waals surface area (Å²) < 4.78 is 7.31. The van der Waals surface area contributed by atoms with Crippen LogP contribution in [0.25, 0.3) is 0 Å². The van der Waals surface area contributed by atoms with Gasteiger partial charge in [-0.1, -0.05) is 38.5 Å². The zero-order valence-corrected chi connectivity index (χ0v) is 16.7. The number of hydrogen-bond donors (Lipinski definition) is 0. The Hall–Kier alpha value is -2.64. The van der Waals surface area contributed by atoms with Crippen molar-refractivity contribution in [1.29, 1.82) is 0 Å². The van der Waals surface area contributed by atoms with Gasteiger partial charge in [-0.05, 0) is 37.8 Å². The van der Waals surface area contributed by atoms with Crippen LogP contribution in [0.1, 0.15) is 80.5 Å². The first-order valence-corrected chi connectivity index (χ1v) is 10.7. The lowest BCUT2D eigenvalue weighted by Crippen LogP contribution is -2.48. The topological polar surface area (TPSA) is 94.4 Å². The maximum absolute atomic E-state index is 13.4. The SMILES string of the molecule is O=C(c1ccc(Cn2cc([N+](=O)[O-])cn2)o1)N(C1CCCCC1)C1CCCCC1. The molecule has 1 amide bonds. The van der Waals surface area contributed by atoms with Gasteiger partial charge < -0.3 is 9.32 Å². The minimum Gasteiger partial charge on any atom is -0.454 e. The Kier molecular flexibility index (Phi) is 5.97. The first-order chi connectivity index (χ1) is 14.1. The maximum Gasteiger partial charge on any atom is 0.307 e. The quantitative estimate of drug-likeness (QED) is 0.524. The number of amides is 1. The van der Waals surface area contributed by atoms with Crippen molar-refractivity contribution >= 4 is 11.6 Å². The second-order valence-corrected chi connectivity index (χ2v) is 8.22. The monoisotopic (exact) mass is 400 g/mol. The van der Waals surface area contributed by atoms with Crippen molar-refractivity contribution in [2.45, 2.75) is 82.8 Å². The molecular formula is C21H28N4O4. The number of hydrogen-bond acceptors (Lipinski definition) is 5. The number of carbonyl (C=O) groups is 1. The molecule has 4 rings (SSSR count). The van der Waals surface area contributed by atoms with E-state index >= 15 is 0 Å². The Balaban J connectivity index is 1.50. The Bertz CT molecular complexity index is 828. The van der Waals surface area contributed by atoms with Crippen molar-refractivity contribution in [3.8, 4) is 0 Å². The van der Waals surface area contributed by atoms with Crippen LogP contribution in [-0.4, -0.2) is 37.6 Å². The summed E-state index contributed by atoms with van der Waals surface area (Å²) in [4.78, 5) is 25.9. The molecular weight excluding hydrogens is 372 g/mol. The molecule has 2 saturated carbocycles. The molecule has 2 aromatic heterocycles. The van der Waals surface area contributed by atoms with Gasteiger partial charge in [0.15, 0.2) is 5.76 Å². The van der Waals surface area contributed by atoms with Crippen LogP contribution < -0.4 is 0 Å². The summed E-state index contributed by atoms with van der Waals surface area (Å²) >= 11 is 0. The minimum atomic E-state index is -0.479. The predicted octanol–water partition coefficient (Wildman–Crippen LogP) is 4.54. The number of carbonyl (C=O) groups excluding carboxylic acids is 1. The maximum atomic E-state index is 13.4. The van der Waals surface area contributed by atoms with Gasteiger partial charge in [0.05, 0.1) is 11.5 Å². The Labute approximate surface area is 170 Å². The zero-order chi connectivity index (χ0) is 20.2. The third-order valence-electron chi connectivity index (χ3n) is 6.19. The molecule has 8 nitrogen and oxygen atoms in total. The number of furan rings is 1. The first-order valence-electron chi connectivity index (χ1n) is 10.7.